The molecule has 0 bridgehead atoms. The SMILES string of the molecule is C=C1OCC(CI)(CI)CO1. The quantitative estimate of drug-likeness (QED) is 0.541. The Morgan fingerprint density at radius 2 is 1.73 bits per heavy atom. The van der Waals surface area contributed by atoms with E-state index in [1.54, 1.807) is 0 Å². The first-order valence-electron chi connectivity index (χ1n) is 3.29. The highest BCUT2D eigenvalue weighted by Gasteiger charge is 2.33. The van der Waals surface area contributed by atoms with Crippen LogP contribution in [0.3, 0.4) is 0 Å². The Morgan fingerprint density at radius 3 is 2.09 bits per heavy atom. The van der Waals surface area contributed by atoms with Gasteiger partial charge in [0, 0.05) is 8.86 Å². The Balaban J connectivity index is 2.52. The van der Waals surface area contributed by atoms with Gasteiger partial charge in [0.2, 0.25) is 0 Å². The molecule has 11 heavy (non-hydrogen) atoms. The molecule has 1 fully saturated rings. The van der Waals surface area contributed by atoms with Crippen molar-refractivity contribution in [2.24, 2.45) is 5.41 Å². The first-order valence-corrected chi connectivity index (χ1v) is 6.34. The van der Waals surface area contributed by atoms with Gasteiger partial charge in [0.25, 0.3) is 5.95 Å². The molecule has 0 saturated carbocycles. The van der Waals surface area contributed by atoms with Gasteiger partial charge in [-0.3, -0.25) is 0 Å². The topological polar surface area (TPSA) is 18.5 Å². The number of rotatable bonds is 2. The first-order chi connectivity index (χ1) is 5.22. The van der Waals surface area contributed by atoms with Crippen molar-refractivity contribution in [1.82, 2.24) is 0 Å². The summed E-state index contributed by atoms with van der Waals surface area (Å²) in [5.74, 6) is 0.468. The molecule has 0 aromatic heterocycles. The molecule has 2 nitrogen and oxygen atoms in total. The van der Waals surface area contributed by atoms with E-state index in [4.69, 9.17) is 9.47 Å². The molecule has 0 aromatic carbocycles. The lowest BCUT2D eigenvalue weighted by atomic mass is 9.96. The van der Waals surface area contributed by atoms with E-state index >= 15 is 0 Å². The Hall–Kier alpha value is 0.800. The van der Waals surface area contributed by atoms with Crippen molar-refractivity contribution in [2.45, 2.75) is 0 Å². The Bertz CT molecular complexity index is 143. The van der Waals surface area contributed by atoms with E-state index in [9.17, 15) is 0 Å². The summed E-state index contributed by atoms with van der Waals surface area (Å²) in [6, 6.07) is 0. The third kappa shape index (κ3) is 2.37. The van der Waals surface area contributed by atoms with Gasteiger partial charge < -0.3 is 9.47 Å². The molecule has 0 unspecified atom stereocenters. The van der Waals surface area contributed by atoms with Crippen LogP contribution in [0.15, 0.2) is 12.5 Å². The predicted octanol–water partition coefficient (Wildman–Crippen LogP) is 2.36. The van der Waals surface area contributed by atoms with Crippen LogP contribution in [0.2, 0.25) is 0 Å². The third-order valence-corrected chi connectivity index (χ3v) is 4.88. The summed E-state index contributed by atoms with van der Waals surface area (Å²) in [5, 5.41) is 0. The lowest BCUT2D eigenvalue weighted by molar-refractivity contribution is -0.0774. The van der Waals surface area contributed by atoms with Crippen LogP contribution < -0.4 is 0 Å². The number of hydrogen-bond donors (Lipinski definition) is 0. The van der Waals surface area contributed by atoms with E-state index in [2.05, 4.69) is 51.8 Å². The molecule has 0 aromatic rings. The summed E-state index contributed by atoms with van der Waals surface area (Å²) in [6.45, 7) is 5.09. The average Bonchev–Trinajstić information content (AvgIpc) is 2.07. The van der Waals surface area contributed by atoms with E-state index in [1.807, 2.05) is 0 Å². The normalized spacial score (nSPS) is 22.2. The zero-order valence-corrected chi connectivity index (χ0v) is 10.4. The van der Waals surface area contributed by atoms with Crippen LogP contribution >= 0.6 is 45.2 Å². The second-order valence-electron chi connectivity index (χ2n) is 2.72. The number of hydrogen-bond acceptors (Lipinski definition) is 2. The van der Waals surface area contributed by atoms with Crippen molar-refractivity contribution >= 4 is 45.2 Å². The van der Waals surface area contributed by atoms with E-state index in [-0.39, 0.29) is 5.41 Å². The molecule has 1 saturated heterocycles. The van der Waals surface area contributed by atoms with Gasteiger partial charge >= 0.3 is 0 Å². The summed E-state index contributed by atoms with van der Waals surface area (Å²) < 4.78 is 12.6. The number of ether oxygens (including phenoxy) is 2. The lowest BCUT2D eigenvalue weighted by Crippen LogP contribution is -2.39. The molecule has 1 aliphatic heterocycles. The molecule has 1 aliphatic rings. The van der Waals surface area contributed by atoms with Gasteiger partial charge in [-0.25, -0.2) is 0 Å². The fraction of sp³-hybridized carbons (Fsp3) is 0.714. The zero-order valence-electron chi connectivity index (χ0n) is 6.11. The molecule has 0 aliphatic carbocycles. The van der Waals surface area contributed by atoms with Gasteiger partial charge in [-0.1, -0.05) is 45.2 Å². The monoisotopic (exact) mass is 380 g/mol. The van der Waals surface area contributed by atoms with Crippen molar-refractivity contribution in [3.05, 3.63) is 12.5 Å². The molecular weight excluding hydrogens is 370 g/mol. The zero-order chi connectivity index (χ0) is 8.32. The number of alkyl halides is 2. The van der Waals surface area contributed by atoms with Gasteiger partial charge in [-0.2, -0.15) is 0 Å². The Morgan fingerprint density at radius 1 is 1.27 bits per heavy atom. The maximum atomic E-state index is 5.25. The van der Waals surface area contributed by atoms with Crippen molar-refractivity contribution in [3.8, 4) is 0 Å². The van der Waals surface area contributed by atoms with Gasteiger partial charge in [0.05, 0.1) is 5.41 Å². The predicted molar refractivity (Wildman–Crippen MR) is 61.3 cm³/mol. The largest absolute Gasteiger partial charge is 0.465 e. The molecule has 1 heterocycles. The molecule has 4 heteroatoms. The second-order valence-corrected chi connectivity index (χ2v) is 4.24. The van der Waals surface area contributed by atoms with E-state index in [0.717, 1.165) is 22.1 Å². The van der Waals surface area contributed by atoms with Gasteiger partial charge in [-0.15, -0.1) is 0 Å². The summed E-state index contributed by atoms with van der Waals surface area (Å²) in [6.07, 6.45) is 0. The third-order valence-electron chi connectivity index (χ3n) is 1.65. The molecule has 0 spiro atoms. The molecule has 0 radical (unpaired) electrons. The van der Waals surface area contributed by atoms with Crippen LogP contribution in [0.5, 0.6) is 0 Å². The van der Waals surface area contributed by atoms with Crippen molar-refractivity contribution in [3.63, 3.8) is 0 Å². The fourth-order valence-corrected chi connectivity index (χ4v) is 3.19. The van der Waals surface area contributed by atoms with Crippen molar-refractivity contribution < 1.29 is 9.47 Å². The standard InChI is InChI=1S/C7H10I2O2/c1-6-10-4-7(2-8,3-9)5-11-6/h1-5H2. The van der Waals surface area contributed by atoms with E-state index in [1.165, 1.54) is 0 Å². The minimum atomic E-state index is 0.211. The maximum absolute atomic E-state index is 5.25. The minimum absolute atomic E-state index is 0.211. The van der Waals surface area contributed by atoms with Crippen molar-refractivity contribution in [1.29, 1.82) is 0 Å². The fourth-order valence-electron chi connectivity index (χ4n) is 0.741. The Kier molecular flexibility index (Phi) is 3.73. The summed E-state index contributed by atoms with van der Waals surface area (Å²) >= 11 is 4.74. The summed E-state index contributed by atoms with van der Waals surface area (Å²) in [7, 11) is 0. The highest BCUT2D eigenvalue weighted by Crippen LogP contribution is 2.29. The second kappa shape index (κ2) is 4.15. The van der Waals surface area contributed by atoms with Crippen LogP contribution in [0.1, 0.15) is 0 Å². The summed E-state index contributed by atoms with van der Waals surface area (Å²) in [5.41, 5.74) is 0.211. The highest BCUT2D eigenvalue weighted by molar-refractivity contribution is 14.1. The van der Waals surface area contributed by atoms with E-state index < -0.39 is 0 Å². The Labute approximate surface area is 94.0 Å². The minimum Gasteiger partial charge on any atom is -0.465 e. The van der Waals surface area contributed by atoms with E-state index in [0.29, 0.717) is 5.95 Å². The molecule has 0 atom stereocenters. The van der Waals surface area contributed by atoms with Gasteiger partial charge in [0.1, 0.15) is 13.2 Å². The van der Waals surface area contributed by atoms with Crippen LogP contribution in [0.4, 0.5) is 0 Å². The average molecular weight is 380 g/mol. The van der Waals surface area contributed by atoms with Gasteiger partial charge in [0.15, 0.2) is 0 Å². The molecule has 1 rings (SSSR count). The smallest absolute Gasteiger partial charge is 0.271 e. The van der Waals surface area contributed by atoms with Crippen molar-refractivity contribution in [2.75, 3.05) is 22.1 Å². The van der Waals surface area contributed by atoms with Crippen LogP contribution in [0.25, 0.3) is 0 Å². The van der Waals surface area contributed by atoms with Gasteiger partial charge in [-0.05, 0) is 6.58 Å². The van der Waals surface area contributed by atoms with Crippen LogP contribution in [0, 0.1) is 5.41 Å². The maximum Gasteiger partial charge on any atom is 0.271 e. The summed E-state index contributed by atoms with van der Waals surface area (Å²) in [4.78, 5) is 0. The number of halogens is 2. The lowest BCUT2D eigenvalue weighted by Gasteiger charge is -2.34. The van der Waals surface area contributed by atoms with Crippen LogP contribution in [-0.4, -0.2) is 22.1 Å². The molecule has 0 N–H and O–H groups in total. The molecule has 64 valence electrons. The van der Waals surface area contributed by atoms with Crippen LogP contribution in [-0.2, 0) is 9.47 Å². The molecule has 0 amide bonds. The first kappa shape index (κ1) is 9.88. The molecular formula is C7H10I2O2. The highest BCUT2D eigenvalue weighted by atomic mass is 127.